The number of anilines is 2. The first-order valence-corrected chi connectivity index (χ1v) is 8.81. The third-order valence-corrected chi connectivity index (χ3v) is 4.18. The molecule has 1 aromatic heterocycles. The summed E-state index contributed by atoms with van der Waals surface area (Å²) in [6.45, 7) is 0. The second kappa shape index (κ2) is 8.41. The van der Waals surface area contributed by atoms with Crippen LogP contribution in [0.3, 0.4) is 0 Å². The van der Waals surface area contributed by atoms with Crippen molar-refractivity contribution in [2.75, 3.05) is 12.4 Å². The molecule has 0 fully saturated rings. The zero-order valence-electron chi connectivity index (χ0n) is 14.4. The Morgan fingerprint density at radius 3 is 2.37 bits per heavy atom. The van der Waals surface area contributed by atoms with Gasteiger partial charge in [0.15, 0.2) is 0 Å². The predicted molar refractivity (Wildman–Crippen MR) is 106 cm³/mol. The number of carbonyl (C=O) groups excluding carboxylic acids is 2. The topological polar surface area (TPSA) is 95.2 Å². The number of rotatable bonds is 5. The summed E-state index contributed by atoms with van der Waals surface area (Å²) in [5, 5.41) is 3.19. The van der Waals surface area contributed by atoms with Crippen LogP contribution in [0.1, 0.15) is 20.8 Å². The van der Waals surface area contributed by atoms with Gasteiger partial charge in [0.05, 0.1) is 18.4 Å². The highest BCUT2D eigenvalue weighted by Gasteiger charge is 2.13. The lowest BCUT2D eigenvalue weighted by molar-refractivity contribution is 0.0844. The number of hydrogen-bond acceptors (Lipinski definition) is 4. The molecule has 27 heavy (non-hydrogen) atoms. The average molecular weight is 429 g/mol. The van der Waals surface area contributed by atoms with Crippen molar-refractivity contribution in [3.63, 3.8) is 0 Å². The monoisotopic (exact) mass is 428 g/mol. The average Bonchev–Trinajstić information content (AvgIpc) is 3.13. The number of methoxy groups -OCH3 is 1. The van der Waals surface area contributed by atoms with Crippen molar-refractivity contribution in [2.24, 2.45) is 0 Å². The number of nitrogens with one attached hydrogen (secondary N) is 4. The molecule has 3 aromatic rings. The molecule has 0 aliphatic heterocycles. The van der Waals surface area contributed by atoms with E-state index in [-0.39, 0.29) is 0 Å². The van der Waals surface area contributed by atoms with E-state index in [0.29, 0.717) is 16.9 Å². The van der Waals surface area contributed by atoms with Crippen molar-refractivity contribution in [3.8, 4) is 5.75 Å². The van der Waals surface area contributed by atoms with Crippen LogP contribution in [0.15, 0.2) is 65.3 Å². The molecule has 0 radical (unpaired) electrons. The van der Waals surface area contributed by atoms with Crippen LogP contribution in [0.25, 0.3) is 0 Å². The summed E-state index contributed by atoms with van der Waals surface area (Å²) < 4.78 is 5.88. The summed E-state index contributed by atoms with van der Waals surface area (Å²) in [6, 6.07) is 16.0. The first-order chi connectivity index (χ1) is 13.1. The molecule has 0 aliphatic carbocycles. The van der Waals surface area contributed by atoms with E-state index < -0.39 is 11.8 Å². The Hall–Kier alpha value is -3.26. The summed E-state index contributed by atoms with van der Waals surface area (Å²) in [4.78, 5) is 27.3. The lowest BCUT2D eigenvalue weighted by Crippen LogP contribution is -2.41. The highest BCUT2D eigenvalue weighted by molar-refractivity contribution is 9.10. The lowest BCUT2D eigenvalue weighted by Gasteiger charge is -2.13. The van der Waals surface area contributed by atoms with Gasteiger partial charge in [-0.1, -0.05) is 12.1 Å². The van der Waals surface area contributed by atoms with Crippen LogP contribution < -0.4 is 20.9 Å². The Morgan fingerprint density at radius 1 is 1.00 bits per heavy atom. The normalized spacial score (nSPS) is 10.1. The summed E-state index contributed by atoms with van der Waals surface area (Å²) in [5.41, 5.74) is 6.93. The molecule has 0 spiro atoms. The van der Waals surface area contributed by atoms with Crippen molar-refractivity contribution >= 4 is 39.1 Å². The summed E-state index contributed by atoms with van der Waals surface area (Å²) in [7, 11) is 1.60. The number of hydrazine groups is 1. The third kappa shape index (κ3) is 4.68. The van der Waals surface area contributed by atoms with Gasteiger partial charge in [-0.25, -0.2) is 0 Å². The minimum atomic E-state index is -0.449. The van der Waals surface area contributed by atoms with Crippen LogP contribution >= 0.6 is 15.9 Å². The minimum absolute atomic E-state index is 0.326. The number of carbonyl (C=O) groups is 2. The number of benzene rings is 2. The van der Waals surface area contributed by atoms with E-state index in [1.165, 1.54) is 0 Å². The lowest BCUT2D eigenvalue weighted by atomic mass is 10.1. The van der Waals surface area contributed by atoms with Crippen molar-refractivity contribution in [1.82, 2.24) is 15.8 Å². The van der Waals surface area contributed by atoms with Crippen LogP contribution in [0.2, 0.25) is 0 Å². The standard InChI is InChI=1S/C19H17BrN4O3/c1-27-14-8-6-13(7-9-14)22-16-5-3-2-4-15(16)18(25)23-24-19(26)17-10-12(20)11-21-17/h2-11,21-22H,1H3,(H,23,25)(H,24,26). The molecule has 0 saturated heterocycles. The van der Waals surface area contributed by atoms with E-state index in [1.807, 2.05) is 30.3 Å². The Balaban J connectivity index is 1.68. The SMILES string of the molecule is COc1ccc(Nc2ccccc2C(=O)NNC(=O)c2cc(Br)c[nH]2)cc1. The fraction of sp³-hybridized carbons (Fsp3) is 0.0526. The molecule has 0 unspecified atom stereocenters. The first-order valence-electron chi connectivity index (χ1n) is 8.01. The molecule has 0 atom stereocenters. The van der Waals surface area contributed by atoms with Gasteiger partial charge in [0.25, 0.3) is 11.8 Å². The molecule has 7 nitrogen and oxygen atoms in total. The molecule has 0 aliphatic rings. The Labute approximate surface area is 164 Å². The number of aromatic nitrogens is 1. The number of para-hydroxylation sites is 1. The number of halogens is 1. The van der Waals surface area contributed by atoms with Crippen LogP contribution in [-0.2, 0) is 0 Å². The van der Waals surface area contributed by atoms with Crippen LogP contribution in [-0.4, -0.2) is 23.9 Å². The Morgan fingerprint density at radius 2 is 1.70 bits per heavy atom. The molecule has 4 N–H and O–H groups in total. The molecule has 0 bridgehead atoms. The van der Waals surface area contributed by atoms with Crippen molar-refractivity contribution in [2.45, 2.75) is 0 Å². The van der Waals surface area contributed by atoms with Gasteiger partial charge in [-0.15, -0.1) is 0 Å². The van der Waals surface area contributed by atoms with E-state index in [9.17, 15) is 9.59 Å². The van der Waals surface area contributed by atoms with Crippen molar-refractivity contribution in [1.29, 1.82) is 0 Å². The van der Waals surface area contributed by atoms with Gasteiger partial charge >= 0.3 is 0 Å². The molecule has 3 rings (SSSR count). The van der Waals surface area contributed by atoms with Crippen LogP contribution in [0.5, 0.6) is 5.75 Å². The largest absolute Gasteiger partial charge is 0.497 e. The first kappa shape index (κ1) is 18.5. The fourth-order valence-corrected chi connectivity index (χ4v) is 2.71. The second-order valence-electron chi connectivity index (χ2n) is 5.54. The maximum Gasteiger partial charge on any atom is 0.286 e. The molecule has 0 saturated carbocycles. The highest BCUT2D eigenvalue weighted by atomic mass is 79.9. The number of ether oxygens (including phenoxy) is 1. The van der Waals surface area contributed by atoms with Gasteiger partial charge in [0, 0.05) is 16.4 Å². The molecule has 2 aromatic carbocycles. The van der Waals surface area contributed by atoms with Gasteiger partial charge in [-0.2, -0.15) is 0 Å². The zero-order chi connectivity index (χ0) is 19.2. The molecule has 138 valence electrons. The third-order valence-electron chi connectivity index (χ3n) is 3.72. The summed E-state index contributed by atoms with van der Waals surface area (Å²) >= 11 is 3.25. The summed E-state index contributed by atoms with van der Waals surface area (Å²) in [6.07, 6.45) is 1.63. The number of hydrogen-bond donors (Lipinski definition) is 4. The van der Waals surface area contributed by atoms with Gasteiger partial charge in [-0.3, -0.25) is 20.4 Å². The molecule has 1 heterocycles. The molecule has 8 heteroatoms. The van der Waals surface area contributed by atoms with Crippen molar-refractivity contribution in [3.05, 3.63) is 76.5 Å². The maximum absolute atomic E-state index is 12.5. The molecular formula is C19H17BrN4O3. The van der Waals surface area contributed by atoms with Gasteiger partial charge in [0.2, 0.25) is 0 Å². The van der Waals surface area contributed by atoms with E-state index >= 15 is 0 Å². The van der Waals surface area contributed by atoms with Gasteiger partial charge in [-0.05, 0) is 58.4 Å². The maximum atomic E-state index is 12.5. The smallest absolute Gasteiger partial charge is 0.286 e. The van der Waals surface area contributed by atoms with Crippen LogP contribution in [0, 0.1) is 0 Å². The van der Waals surface area contributed by atoms with Gasteiger partial charge < -0.3 is 15.0 Å². The zero-order valence-corrected chi connectivity index (χ0v) is 16.0. The van der Waals surface area contributed by atoms with E-state index in [0.717, 1.165) is 15.9 Å². The molecule has 2 amide bonds. The van der Waals surface area contributed by atoms with E-state index in [1.54, 1.807) is 37.6 Å². The van der Waals surface area contributed by atoms with Crippen molar-refractivity contribution < 1.29 is 14.3 Å². The predicted octanol–water partition coefficient (Wildman–Crippen LogP) is 3.60. The molecular weight excluding hydrogens is 412 g/mol. The number of amides is 2. The van der Waals surface area contributed by atoms with Crippen LogP contribution in [0.4, 0.5) is 11.4 Å². The quantitative estimate of drug-likeness (QED) is 0.466. The Bertz CT molecular complexity index is 954. The van der Waals surface area contributed by atoms with E-state index in [4.69, 9.17) is 4.74 Å². The summed E-state index contributed by atoms with van der Waals surface area (Å²) in [5.74, 6) is -0.148. The number of H-pyrrole nitrogens is 1. The highest BCUT2D eigenvalue weighted by Crippen LogP contribution is 2.22. The number of aromatic amines is 1. The van der Waals surface area contributed by atoms with E-state index in [2.05, 4.69) is 37.1 Å². The van der Waals surface area contributed by atoms with Gasteiger partial charge in [0.1, 0.15) is 11.4 Å². The Kier molecular flexibility index (Phi) is 5.77. The fourth-order valence-electron chi connectivity index (χ4n) is 2.37. The second-order valence-corrected chi connectivity index (χ2v) is 6.45. The minimum Gasteiger partial charge on any atom is -0.497 e.